The number of carbonyl (C=O) groups is 2. The molecule has 3 aromatic rings. The van der Waals surface area contributed by atoms with E-state index in [1.165, 1.54) is 6.42 Å². The summed E-state index contributed by atoms with van der Waals surface area (Å²) in [6, 6.07) is 23.2. The molecule has 1 atom stereocenters. The summed E-state index contributed by atoms with van der Waals surface area (Å²) >= 11 is 0. The number of carbonyl (C=O) groups excluding carboxylic acids is 1. The van der Waals surface area contributed by atoms with Crippen LogP contribution in [0.1, 0.15) is 54.4 Å². The van der Waals surface area contributed by atoms with Crippen LogP contribution in [0.15, 0.2) is 72.8 Å². The zero-order chi connectivity index (χ0) is 23.2. The molecule has 1 aliphatic carbocycles. The summed E-state index contributed by atoms with van der Waals surface area (Å²) in [6.07, 6.45) is 6.12. The number of nitrogens with one attached hydrogen (secondary N) is 1. The third kappa shape index (κ3) is 5.70. The Labute approximate surface area is 195 Å². The highest BCUT2D eigenvalue weighted by atomic mass is 16.4. The Morgan fingerprint density at radius 3 is 2.18 bits per heavy atom. The zero-order valence-corrected chi connectivity index (χ0v) is 19.1. The highest BCUT2D eigenvalue weighted by molar-refractivity contribution is 5.98. The molecule has 1 fully saturated rings. The Hall–Kier alpha value is -3.40. The smallest absolute Gasteiger partial charge is 0.326 e. The van der Waals surface area contributed by atoms with Gasteiger partial charge in [0.15, 0.2) is 0 Å². The van der Waals surface area contributed by atoms with E-state index in [-0.39, 0.29) is 5.91 Å². The van der Waals surface area contributed by atoms with Gasteiger partial charge in [0.25, 0.3) is 5.91 Å². The number of carboxylic acid groups (broad SMARTS) is 1. The second-order valence-electron chi connectivity index (χ2n) is 9.08. The molecule has 33 heavy (non-hydrogen) atoms. The lowest BCUT2D eigenvalue weighted by Gasteiger charge is -2.25. The van der Waals surface area contributed by atoms with Gasteiger partial charge in [0.1, 0.15) is 6.04 Å². The van der Waals surface area contributed by atoms with E-state index in [1.807, 2.05) is 37.3 Å². The van der Waals surface area contributed by atoms with Crippen molar-refractivity contribution in [3.8, 4) is 22.3 Å². The number of amides is 1. The van der Waals surface area contributed by atoms with Crippen molar-refractivity contribution in [2.75, 3.05) is 0 Å². The Kier molecular flexibility index (Phi) is 7.23. The van der Waals surface area contributed by atoms with E-state index >= 15 is 0 Å². The highest BCUT2D eigenvalue weighted by Crippen LogP contribution is 2.29. The van der Waals surface area contributed by atoms with E-state index in [4.69, 9.17) is 0 Å². The lowest BCUT2D eigenvalue weighted by atomic mass is 9.84. The van der Waals surface area contributed by atoms with Gasteiger partial charge < -0.3 is 10.4 Å². The summed E-state index contributed by atoms with van der Waals surface area (Å²) in [7, 11) is 0. The molecule has 0 radical (unpaired) electrons. The van der Waals surface area contributed by atoms with E-state index in [0.29, 0.717) is 17.9 Å². The molecule has 4 heteroatoms. The van der Waals surface area contributed by atoms with Crippen molar-refractivity contribution >= 4 is 11.9 Å². The molecule has 0 aliphatic heterocycles. The van der Waals surface area contributed by atoms with Gasteiger partial charge in [-0.1, -0.05) is 92.8 Å². The van der Waals surface area contributed by atoms with Crippen molar-refractivity contribution in [1.82, 2.24) is 5.32 Å². The van der Waals surface area contributed by atoms with Crippen molar-refractivity contribution in [3.05, 3.63) is 83.9 Å². The van der Waals surface area contributed by atoms with Gasteiger partial charge in [0.05, 0.1) is 0 Å². The van der Waals surface area contributed by atoms with Crippen molar-refractivity contribution in [2.45, 2.75) is 51.5 Å². The van der Waals surface area contributed by atoms with Gasteiger partial charge in [-0.2, -0.15) is 0 Å². The first kappa shape index (κ1) is 22.8. The average molecular weight is 442 g/mol. The Balaban J connectivity index is 1.51. The predicted octanol–water partition coefficient (Wildman–Crippen LogP) is 6.48. The fourth-order valence-electron chi connectivity index (χ4n) is 4.77. The molecular formula is C29H31NO3. The van der Waals surface area contributed by atoms with Gasteiger partial charge in [-0.25, -0.2) is 4.79 Å². The van der Waals surface area contributed by atoms with Crippen LogP contribution in [0.4, 0.5) is 0 Å². The molecular weight excluding hydrogens is 410 g/mol. The number of hydrogen-bond donors (Lipinski definition) is 2. The molecule has 0 saturated heterocycles. The Morgan fingerprint density at radius 1 is 0.879 bits per heavy atom. The quantitative estimate of drug-likeness (QED) is 0.441. The van der Waals surface area contributed by atoms with Crippen molar-refractivity contribution in [3.63, 3.8) is 0 Å². The lowest BCUT2D eigenvalue weighted by molar-refractivity contribution is -0.139. The molecule has 1 aliphatic rings. The van der Waals surface area contributed by atoms with Crippen LogP contribution < -0.4 is 5.32 Å². The molecule has 170 valence electrons. The van der Waals surface area contributed by atoms with Crippen molar-refractivity contribution in [2.24, 2.45) is 5.92 Å². The van der Waals surface area contributed by atoms with Crippen LogP contribution in [-0.2, 0) is 4.79 Å². The maximum atomic E-state index is 13.0. The molecule has 1 saturated carbocycles. The molecule has 2 N–H and O–H groups in total. The summed E-state index contributed by atoms with van der Waals surface area (Å²) < 4.78 is 0. The van der Waals surface area contributed by atoms with Crippen LogP contribution in [0.3, 0.4) is 0 Å². The van der Waals surface area contributed by atoms with E-state index in [9.17, 15) is 14.7 Å². The normalized spacial score (nSPS) is 15.1. The first-order chi connectivity index (χ1) is 16.0. The first-order valence-electron chi connectivity index (χ1n) is 11.8. The van der Waals surface area contributed by atoms with Crippen LogP contribution in [0.5, 0.6) is 0 Å². The number of aryl methyl sites for hydroxylation is 1. The average Bonchev–Trinajstić information content (AvgIpc) is 2.85. The van der Waals surface area contributed by atoms with Gasteiger partial charge >= 0.3 is 5.97 Å². The summed E-state index contributed by atoms with van der Waals surface area (Å²) in [5.74, 6) is -0.921. The molecule has 0 heterocycles. The third-order valence-electron chi connectivity index (χ3n) is 6.70. The number of carboxylic acids is 1. The minimum absolute atomic E-state index is 0.333. The van der Waals surface area contributed by atoms with E-state index < -0.39 is 12.0 Å². The monoisotopic (exact) mass is 441 g/mol. The van der Waals surface area contributed by atoms with Gasteiger partial charge in [0, 0.05) is 5.56 Å². The number of benzene rings is 3. The minimum atomic E-state index is -0.960. The molecule has 4 nitrogen and oxygen atoms in total. The van der Waals surface area contributed by atoms with Gasteiger partial charge in [-0.15, -0.1) is 0 Å². The number of rotatable bonds is 7. The fourth-order valence-corrected chi connectivity index (χ4v) is 4.77. The summed E-state index contributed by atoms with van der Waals surface area (Å²) in [5, 5.41) is 12.5. The van der Waals surface area contributed by atoms with Crippen LogP contribution in [0.2, 0.25) is 0 Å². The molecule has 1 amide bonds. The van der Waals surface area contributed by atoms with Crippen molar-refractivity contribution < 1.29 is 14.7 Å². The van der Waals surface area contributed by atoms with Crippen LogP contribution in [0.25, 0.3) is 22.3 Å². The highest BCUT2D eigenvalue weighted by Gasteiger charge is 2.26. The maximum Gasteiger partial charge on any atom is 0.326 e. The van der Waals surface area contributed by atoms with Gasteiger partial charge in [-0.05, 0) is 59.2 Å². The fraction of sp³-hybridized carbons (Fsp3) is 0.310. The van der Waals surface area contributed by atoms with Crippen LogP contribution in [0, 0.1) is 12.8 Å². The van der Waals surface area contributed by atoms with Crippen molar-refractivity contribution in [1.29, 1.82) is 0 Å². The van der Waals surface area contributed by atoms with E-state index in [2.05, 4.69) is 41.7 Å². The standard InChI is InChI=1S/C29H31NO3/c1-20-12-13-25(28(31)30-27(29(32)33)18-21-8-4-2-5-9-21)19-26(20)24-16-14-23(15-17-24)22-10-6-3-7-11-22/h3,6-7,10-17,19,21,27H,2,4-5,8-9,18H2,1H3,(H,30,31)(H,32,33)/t27-/m0/s1. The molecule has 0 aromatic heterocycles. The Morgan fingerprint density at radius 2 is 1.52 bits per heavy atom. The van der Waals surface area contributed by atoms with E-state index in [1.54, 1.807) is 6.07 Å². The number of aliphatic carboxylic acids is 1. The summed E-state index contributed by atoms with van der Waals surface area (Å²) in [6.45, 7) is 2.02. The van der Waals surface area contributed by atoms with Gasteiger partial charge in [0.2, 0.25) is 0 Å². The minimum Gasteiger partial charge on any atom is -0.480 e. The summed E-state index contributed by atoms with van der Waals surface area (Å²) in [5.41, 5.74) is 5.85. The van der Waals surface area contributed by atoms with E-state index in [0.717, 1.165) is 53.5 Å². The topological polar surface area (TPSA) is 66.4 Å². The largest absolute Gasteiger partial charge is 0.480 e. The van der Waals surface area contributed by atoms with Crippen LogP contribution in [-0.4, -0.2) is 23.0 Å². The zero-order valence-electron chi connectivity index (χ0n) is 19.1. The maximum absolute atomic E-state index is 13.0. The second-order valence-corrected chi connectivity index (χ2v) is 9.08. The predicted molar refractivity (Wildman–Crippen MR) is 132 cm³/mol. The third-order valence-corrected chi connectivity index (χ3v) is 6.70. The molecule has 0 spiro atoms. The lowest BCUT2D eigenvalue weighted by Crippen LogP contribution is -2.42. The number of hydrogen-bond acceptors (Lipinski definition) is 2. The SMILES string of the molecule is Cc1ccc(C(=O)N[C@@H](CC2CCCCC2)C(=O)O)cc1-c1ccc(-c2ccccc2)cc1. The van der Waals surface area contributed by atoms with Crippen LogP contribution >= 0.6 is 0 Å². The molecule has 3 aromatic carbocycles. The second kappa shape index (κ2) is 10.5. The van der Waals surface area contributed by atoms with Gasteiger partial charge in [-0.3, -0.25) is 4.79 Å². The Bertz CT molecular complexity index is 1100. The molecule has 0 unspecified atom stereocenters. The first-order valence-corrected chi connectivity index (χ1v) is 11.8. The summed E-state index contributed by atoms with van der Waals surface area (Å²) in [4.78, 5) is 24.8. The molecule has 4 rings (SSSR count). The molecule has 0 bridgehead atoms.